The molecule has 2 rings (SSSR count). The van der Waals surface area contributed by atoms with Gasteiger partial charge in [-0.15, -0.1) is 0 Å². The first-order valence-electron chi connectivity index (χ1n) is 8.60. The van der Waals surface area contributed by atoms with Gasteiger partial charge in [0.05, 0.1) is 32.8 Å². The van der Waals surface area contributed by atoms with Crippen molar-refractivity contribution in [1.82, 2.24) is 10.2 Å². The minimum atomic E-state index is -0.256. The Labute approximate surface area is 143 Å². The Morgan fingerprint density at radius 1 is 1.25 bits per heavy atom. The van der Waals surface area contributed by atoms with Crippen molar-refractivity contribution in [2.75, 3.05) is 32.8 Å². The van der Waals surface area contributed by atoms with E-state index in [9.17, 15) is 9.59 Å². The van der Waals surface area contributed by atoms with Crippen LogP contribution in [-0.2, 0) is 16.1 Å². The van der Waals surface area contributed by atoms with Crippen molar-refractivity contribution in [3.8, 4) is 0 Å². The van der Waals surface area contributed by atoms with Gasteiger partial charge in [-0.25, -0.2) is 4.79 Å². The van der Waals surface area contributed by atoms with Crippen LogP contribution in [0.5, 0.6) is 0 Å². The summed E-state index contributed by atoms with van der Waals surface area (Å²) in [5.74, 6) is 0.0511. The molecule has 1 aromatic carbocycles. The molecule has 1 atom stereocenters. The Balaban J connectivity index is 1.77. The number of benzene rings is 1. The first-order valence-corrected chi connectivity index (χ1v) is 8.60. The molecule has 1 heterocycles. The van der Waals surface area contributed by atoms with E-state index >= 15 is 0 Å². The van der Waals surface area contributed by atoms with E-state index in [0.29, 0.717) is 26.2 Å². The van der Waals surface area contributed by atoms with Crippen molar-refractivity contribution >= 4 is 12.0 Å². The summed E-state index contributed by atoms with van der Waals surface area (Å²) in [4.78, 5) is 27.0. The van der Waals surface area contributed by atoms with E-state index in [0.717, 1.165) is 18.7 Å². The van der Waals surface area contributed by atoms with Gasteiger partial charge in [-0.05, 0) is 26.3 Å². The zero-order chi connectivity index (χ0) is 17.5. The lowest BCUT2D eigenvalue weighted by Crippen LogP contribution is -3.19. The highest BCUT2D eigenvalue weighted by molar-refractivity contribution is 5.79. The van der Waals surface area contributed by atoms with Crippen LogP contribution in [0.3, 0.4) is 0 Å². The fourth-order valence-corrected chi connectivity index (χ4v) is 2.86. The third-order valence-corrected chi connectivity index (χ3v) is 4.52. The number of nitrogens with one attached hydrogen (secondary N) is 2. The van der Waals surface area contributed by atoms with Gasteiger partial charge >= 0.3 is 6.09 Å². The fraction of sp³-hybridized carbons (Fsp3) is 0.556. The van der Waals surface area contributed by atoms with Crippen LogP contribution in [0.2, 0.25) is 0 Å². The van der Waals surface area contributed by atoms with Crippen molar-refractivity contribution in [3.63, 3.8) is 0 Å². The van der Waals surface area contributed by atoms with Crippen LogP contribution in [0.1, 0.15) is 25.0 Å². The molecule has 1 fully saturated rings. The van der Waals surface area contributed by atoms with Gasteiger partial charge in [0, 0.05) is 6.54 Å². The van der Waals surface area contributed by atoms with Crippen LogP contribution in [0.25, 0.3) is 0 Å². The normalized spacial score (nSPS) is 16.5. The summed E-state index contributed by atoms with van der Waals surface area (Å²) in [6, 6.07) is 8.03. The predicted octanol–water partition coefficient (Wildman–Crippen LogP) is 0.357. The molecule has 2 amide bonds. The van der Waals surface area contributed by atoms with Gasteiger partial charge in [0.2, 0.25) is 0 Å². The molecule has 6 heteroatoms. The second-order valence-corrected chi connectivity index (χ2v) is 6.27. The monoisotopic (exact) mass is 334 g/mol. The molecule has 1 aromatic rings. The molecule has 132 valence electrons. The Hall–Kier alpha value is -2.08. The van der Waals surface area contributed by atoms with E-state index in [-0.39, 0.29) is 18.0 Å². The Morgan fingerprint density at radius 2 is 1.88 bits per heavy atom. The maximum Gasteiger partial charge on any atom is 0.410 e. The molecule has 0 bridgehead atoms. The molecule has 0 aliphatic carbocycles. The van der Waals surface area contributed by atoms with Crippen molar-refractivity contribution in [2.24, 2.45) is 0 Å². The molecule has 0 aromatic heterocycles. The van der Waals surface area contributed by atoms with Crippen LogP contribution in [-0.4, -0.2) is 55.7 Å². The molecule has 6 nitrogen and oxygen atoms in total. The number of quaternary nitrogens is 1. The van der Waals surface area contributed by atoms with Crippen LogP contribution in [0.4, 0.5) is 4.79 Å². The van der Waals surface area contributed by atoms with Crippen LogP contribution in [0, 0.1) is 6.92 Å². The summed E-state index contributed by atoms with van der Waals surface area (Å²) in [6.45, 7) is 9.52. The first-order chi connectivity index (χ1) is 11.5. The number of ether oxygens (including phenoxy) is 1. The highest BCUT2D eigenvalue weighted by Gasteiger charge is 2.31. The molecule has 0 unspecified atom stereocenters. The Morgan fingerprint density at radius 3 is 2.46 bits per heavy atom. The Kier molecular flexibility index (Phi) is 6.61. The zero-order valence-corrected chi connectivity index (χ0v) is 14.8. The molecule has 0 spiro atoms. The molecular weight excluding hydrogens is 306 g/mol. The van der Waals surface area contributed by atoms with Crippen molar-refractivity contribution < 1.29 is 19.2 Å². The maximum atomic E-state index is 12.4. The van der Waals surface area contributed by atoms with E-state index in [1.54, 1.807) is 11.8 Å². The summed E-state index contributed by atoms with van der Waals surface area (Å²) in [7, 11) is 0. The summed E-state index contributed by atoms with van der Waals surface area (Å²) in [6.07, 6.45) is -0.256. The molecule has 1 saturated heterocycles. The summed E-state index contributed by atoms with van der Waals surface area (Å²) in [5.41, 5.74) is 2.31. The second-order valence-electron chi connectivity index (χ2n) is 6.27. The van der Waals surface area contributed by atoms with E-state index in [1.165, 1.54) is 10.5 Å². The highest BCUT2D eigenvalue weighted by Crippen LogP contribution is 2.02. The third-order valence-electron chi connectivity index (χ3n) is 4.52. The number of amides is 2. The van der Waals surface area contributed by atoms with E-state index in [2.05, 4.69) is 5.32 Å². The lowest BCUT2D eigenvalue weighted by atomic mass is 10.1. The van der Waals surface area contributed by atoms with Crippen LogP contribution in [0.15, 0.2) is 24.3 Å². The van der Waals surface area contributed by atoms with Gasteiger partial charge in [-0.3, -0.25) is 9.69 Å². The van der Waals surface area contributed by atoms with E-state index < -0.39 is 0 Å². The highest BCUT2D eigenvalue weighted by atomic mass is 16.6. The number of hydrogen-bond donors (Lipinski definition) is 2. The molecule has 2 N–H and O–H groups in total. The fourth-order valence-electron chi connectivity index (χ4n) is 2.86. The standard InChI is InChI=1S/C18H27N3O3/c1-4-24-18(23)21-11-9-20(10-12-21)15(3)17(22)19-13-16-7-5-14(2)6-8-16/h5-8,15H,4,9-13H2,1-3H3,(H,19,22)/p+1/t15-/m0/s1. The Bertz CT molecular complexity index is 551. The maximum absolute atomic E-state index is 12.4. The summed E-state index contributed by atoms with van der Waals surface area (Å²) < 4.78 is 5.02. The number of nitrogens with zero attached hydrogens (tertiary/aromatic N) is 1. The zero-order valence-electron chi connectivity index (χ0n) is 14.8. The lowest BCUT2D eigenvalue weighted by molar-refractivity contribution is -0.918. The molecule has 1 aliphatic rings. The smallest absolute Gasteiger partial charge is 0.410 e. The average Bonchev–Trinajstić information content (AvgIpc) is 2.60. The first kappa shape index (κ1) is 18.3. The lowest BCUT2D eigenvalue weighted by Gasteiger charge is -2.34. The minimum absolute atomic E-state index is 0.0511. The summed E-state index contributed by atoms with van der Waals surface area (Å²) >= 11 is 0. The molecular formula is C18H28N3O3+. The number of piperazine rings is 1. The van der Waals surface area contributed by atoms with Crippen LogP contribution >= 0.6 is 0 Å². The van der Waals surface area contributed by atoms with Gasteiger partial charge in [0.1, 0.15) is 0 Å². The van der Waals surface area contributed by atoms with Crippen molar-refractivity contribution in [1.29, 1.82) is 0 Å². The SMILES string of the molecule is CCOC(=O)N1CC[NH+]([C@@H](C)C(=O)NCc2ccc(C)cc2)CC1. The number of carbonyl (C=O) groups is 2. The largest absolute Gasteiger partial charge is 0.450 e. The van der Waals surface area contributed by atoms with Gasteiger partial charge in [0.25, 0.3) is 5.91 Å². The quantitative estimate of drug-likeness (QED) is 0.817. The van der Waals surface area contributed by atoms with Gasteiger partial charge in [-0.2, -0.15) is 0 Å². The average molecular weight is 334 g/mol. The van der Waals surface area contributed by atoms with Crippen molar-refractivity contribution in [2.45, 2.75) is 33.4 Å². The summed E-state index contributed by atoms with van der Waals surface area (Å²) in [5, 5.41) is 3.00. The second kappa shape index (κ2) is 8.68. The molecule has 0 radical (unpaired) electrons. The third kappa shape index (κ3) is 4.96. The van der Waals surface area contributed by atoms with Gasteiger partial charge in [0.15, 0.2) is 6.04 Å². The number of rotatable bonds is 5. The predicted molar refractivity (Wildman–Crippen MR) is 91.8 cm³/mol. The van der Waals surface area contributed by atoms with Crippen LogP contribution < -0.4 is 10.2 Å². The van der Waals surface area contributed by atoms with E-state index in [1.807, 2.05) is 38.1 Å². The topological polar surface area (TPSA) is 63.1 Å². The molecule has 0 saturated carbocycles. The molecule has 1 aliphatic heterocycles. The van der Waals surface area contributed by atoms with Gasteiger partial charge in [-0.1, -0.05) is 29.8 Å². The minimum Gasteiger partial charge on any atom is -0.450 e. The van der Waals surface area contributed by atoms with Crippen molar-refractivity contribution in [3.05, 3.63) is 35.4 Å². The molecule has 24 heavy (non-hydrogen) atoms. The number of hydrogen-bond acceptors (Lipinski definition) is 3. The number of carbonyl (C=O) groups excluding carboxylic acids is 2. The number of aryl methyl sites for hydroxylation is 1. The van der Waals surface area contributed by atoms with E-state index in [4.69, 9.17) is 4.74 Å². The van der Waals surface area contributed by atoms with Gasteiger partial charge < -0.3 is 15.0 Å².